The largest absolute Gasteiger partial charge is 0.494 e. The summed E-state index contributed by atoms with van der Waals surface area (Å²) in [5.41, 5.74) is 6.06. The number of aromatic nitrogens is 2. The zero-order valence-electron chi connectivity index (χ0n) is 25.9. The maximum absolute atomic E-state index is 6.53. The van der Waals surface area contributed by atoms with Crippen LogP contribution in [0.15, 0.2) is 67.1 Å². The topological polar surface area (TPSA) is 62.8 Å². The van der Waals surface area contributed by atoms with Crippen molar-refractivity contribution < 1.29 is 9.47 Å². The zero-order valence-corrected chi connectivity index (χ0v) is 25.9. The summed E-state index contributed by atoms with van der Waals surface area (Å²) in [5.74, 6) is 1.85. The van der Waals surface area contributed by atoms with Crippen LogP contribution >= 0.6 is 0 Å². The fraction of sp³-hybridized carbons (Fsp3) is 0.444. The van der Waals surface area contributed by atoms with Gasteiger partial charge in [0.1, 0.15) is 11.6 Å². The lowest BCUT2D eigenvalue weighted by Crippen LogP contribution is -2.54. The first-order chi connectivity index (χ1) is 21.0. The van der Waals surface area contributed by atoms with Crippen LogP contribution in [0, 0.1) is 20.8 Å². The van der Waals surface area contributed by atoms with Gasteiger partial charge in [-0.3, -0.25) is 4.98 Å². The standard InChI is InChI=1S/C36H45N5O2/c1-26-7-10-33(19-27(26)2)42-18-6-4-5-15-40-16-12-32(13-17-40)43-34-24-41(25-34)35-21-36(38-22-28(35)3)39-31-9-8-30-23-37-14-11-29(30)20-31/h7-11,14,19-23,32,34H,4-6,12-13,15-18,24-25H2,1-3H3,(H,38,39). The third-order valence-corrected chi connectivity index (χ3v) is 8.96. The van der Waals surface area contributed by atoms with E-state index >= 15 is 0 Å². The number of rotatable bonds is 12. The van der Waals surface area contributed by atoms with Crippen molar-refractivity contribution in [1.82, 2.24) is 14.9 Å². The van der Waals surface area contributed by atoms with Crippen LogP contribution in [0.5, 0.6) is 5.75 Å². The Labute approximate surface area is 256 Å². The van der Waals surface area contributed by atoms with Gasteiger partial charge >= 0.3 is 0 Å². The second kappa shape index (κ2) is 13.7. The number of benzene rings is 2. The molecule has 0 atom stereocenters. The van der Waals surface area contributed by atoms with E-state index in [0.29, 0.717) is 12.2 Å². The number of aryl methyl sites for hydroxylation is 3. The van der Waals surface area contributed by atoms with Crippen LogP contribution in [-0.2, 0) is 4.74 Å². The van der Waals surface area contributed by atoms with Crippen molar-refractivity contribution in [3.05, 3.63) is 83.8 Å². The molecule has 2 fully saturated rings. The van der Waals surface area contributed by atoms with Crippen LogP contribution in [-0.4, -0.2) is 66.4 Å². The number of piperidine rings is 1. The second-order valence-corrected chi connectivity index (χ2v) is 12.3. The minimum absolute atomic E-state index is 0.312. The number of pyridine rings is 2. The summed E-state index contributed by atoms with van der Waals surface area (Å²) >= 11 is 0. The average Bonchev–Trinajstić information content (AvgIpc) is 3.00. The Morgan fingerprint density at radius 2 is 1.67 bits per heavy atom. The molecule has 0 unspecified atom stereocenters. The molecular weight excluding hydrogens is 534 g/mol. The average molecular weight is 580 g/mol. The summed E-state index contributed by atoms with van der Waals surface area (Å²) < 4.78 is 12.5. The number of anilines is 3. The Kier molecular flexibility index (Phi) is 9.39. The van der Waals surface area contributed by atoms with Crippen LogP contribution in [0.4, 0.5) is 17.2 Å². The van der Waals surface area contributed by atoms with Crippen molar-refractivity contribution in [2.24, 2.45) is 0 Å². The van der Waals surface area contributed by atoms with Gasteiger partial charge in [-0.05, 0) is 112 Å². The molecule has 0 spiro atoms. The molecule has 1 N–H and O–H groups in total. The Morgan fingerprint density at radius 3 is 2.51 bits per heavy atom. The summed E-state index contributed by atoms with van der Waals surface area (Å²) in [6, 6.07) is 16.9. The molecule has 0 bridgehead atoms. The summed E-state index contributed by atoms with van der Waals surface area (Å²) in [5, 5.41) is 5.78. The molecule has 2 aliphatic rings. The molecule has 0 aliphatic carbocycles. The minimum atomic E-state index is 0.312. The SMILES string of the molecule is Cc1ccc(OCCCCCN2CCC(OC3CN(c4cc(Nc5ccc6cnccc6c5)ncc4C)C3)CC2)cc1C. The van der Waals surface area contributed by atoms with Crippen LogP contribution in [0.25, 0.3) is 10.8 Å². The summed E-state index contributed by atoms with van der Waals surface area (Å²) in [4.78, 5) is 13.9. The molecular formula is C36H45N5O2. The number of unbranched alkanes of at least 4 members (excludes halogenated alkanes) is 2. The summed E-state index contributed by atoms with van der Waals surface area (Å²) in [7, 11) is 0. The molecule has 0 radical (unpaired) electrons. The lowest BCUT2D eigenvalue weighted by atomic mass is 10.0. The third-order valence-electron chi connectivity index (χ3n) is 8.96. The van der Waals surface area contributed by atoms with Gasteiger partial charge in [0.2, 0.25) is 0 Å². The molecule has 7 nitrogen and oxygen atoms in total. The van der Waals surface area contributed by atoms with Gasteiger partial charge in [-0.25, -0.2) is 4.98 Å². The molecule has 43 heavy (non-hydrogen) atoms. The van der Waals surface area contributed by atoms with Gasteiger partial charge in [0.25, 0.3) is 0 Å². The number of nitrogens with zero attached hydrogens (tertiary/aromatic N) is 4. The van der Waals surface area contributed by atoms with Crippen molar-refractivity contribution in [3.63, 3.8) is 0 Å². The number of hydrogen-bond acceptors (Lipinski definition) is 7. The van der Waals surface area contributed by atoms with E-state index in [9.17, 15) is 0 Å². The monoisotopic (exact) mass is 579 g/mol. The summed E-state index contributed by atoms with van der Waals surface area (Å²) in [6.45, 7) is 12.6. The predicted molar refractivity (Wildman–Crippen MR) is 176 cm³/mol. The minimum Gasteiger partial charge on any atom is -0.494 e. The second-order valence-electron chi connectivity index (χ2n) is 12.3. The highest BCUT2D eigenvalue weighted by atomic mass is 16.5. The molecule has 0 saturated carbocycles. The van der Waals surface area contributed by atoms with Gasteiger partial charge in [0.15, 0.2) is 0 Å². The third kappa shape index (κ3) is 7.64. The van der Waals surface area contributed by atoms with E-state index in [1.165, 1.54) is 41.8 Å². The molecule has 226 valence electrons. The van der Waals surface area contributed by atoms with E-state index in [4.69, 9.17) is 9.47 Å². The normalized spacial score (nSPS) is 16.4. The fourth-order valence-corrected chi connectivity index (χ4v) is 6.10. The highest BCUT2D eigenvalue weighted by Gasteiger charge is 2.32. The smallest absolute Gasteiger partial charge is 0.132 e. The molecule has 4 heterocycles. The maximum atomic E-state index is 6.53. The first kappa shape index (κ1) is 29.4. The quantitative estimate of drug-likeness (QED) is 0.178. The number of ether oxygens (including phenoxy) is 2. The lowest BCUT2D eigenvalue weighted by Gasteiger charge is -2.44. The Hall–Kier alpha value is -3.68. The van der Waals surface area contributed by atoms with E-state index in [2.05, 4.69) is 88.3 Å². The highest BCUT2D eigenvalue weighted by Crippen LogP contribution is 2.31. The van der Waals surface area contributed by atoms with Gasteiger partial charge in [-0.15, -0.1) is 0 Å². The number of fused-ring (bicyclic) bond motifs is 1. The molecule has 2 saturated heterocycles. The van der Waals surface area contributed by atoms with Crippen molar-refractivity contribution >= 4 is 28.0 Å². The van der Waals surface area contributed by atoms with Crippen LogP contribution in [0.3, 0.4) is 0 Å². The van der Waals surface area contributed by atoms with Crippen LogP contribution in [0.1, 0.15) is 48.8 Å². The van der Waals surface area contributed by atoms with Gasteiger partial charge in [-0.2, -0.15) is 0 Å². The molecule has 2 aliphatic heterocycles. The van der Waals surface area contributed by atoms with Crippen LogP contribution in [0.2, 0.25) is 0 Å². The maximum Gasteiger partial charge on any atom is 0.132 e. The molecule has 0 amide bonds. The Morgan fingerprint density at radius 1 is 0.814 bits per heavy atom. The first-order valence-electron chi connectivity index (χ1n) is 15.9. The van der Waals surface area contributed by atoms with Gasteiger partial charge in [0, 0.05) is 67.6 Å². The van der Waals surface area contributed by atoms with Crippen molar-refractivity contribution in [3.8, 4) is 5.75 Å². The van der Waals surface area contributed by atoms with E-state index in [1.54, 1.807) is 0 Å². The molecule has 6 rings (SSSR count). The van der Waals surface area contributed by atoms with Crippen LogP contribution < -0.4 is 15.0 Å². The van der Waals surface area contributed by atoms with Gasteiger partial charge < -0.3 is 24.6 Å². The summed E-state index contributed by atoms with van der Waals surface area (Å²) in [6.07, 6.45) is 12.2. The molecule has 4 aromatic rings. The first-order valence-corrected chi connectivity index (χ1v) is 15.9. The highest BCUT2D eigenvalue weighted by molar-refractivity contribution is 5.85. The molecule has 7 heteroatoms. The Balaban J connectivity index is 0.877. The number of hydrogen-bond donors (Lipinski definition) is 1. The predicted octanol–water partition coefficient (Wildman–Crippen LogP) is 7.22. The van der Waals surface area contributed by atoms with E-state index in [-0.39, 0.29) is 0 Å². The zero-order chi connectivity index (χ0) is 29.6. The van der Waals surface area contributed by atoms with Crippen molar-refractivity contribution in [2.45, 2.75) is 65.1 Å². The fourth-order valence-electron chi connectivity index (χ4n) is 6.10. The van der Waals surface area contributed by atoms with Crippen molar-refractivity contribution in [2.75, 3.05) is 49.5 Å². The van der Waals surface area contributed by atoms with E-state index < -0.39 is 0 Å². The number of nitrogens with one attached hydrogen (secondary N) is 1. The Bertz CT molecular complexity index is 1510. The van der Waals surface area contributed by atoms with Gasteiger partial charge in [0.05, 0.1) is 18.8 Å². The van der Waals surface area contributed by atoms with Gasteiger partial charge in [-0.1, -0.05) is 12.1 Å². The van der Waals surface area contributed by atoms with E-state index in [1.807, 2.05) is 24.7 Å². The van der Waals surface area contributed by atoms with Crippen molar-refractivity contribution in [1.29, 1.82) is 0 Å². The molecule has 2 aromatic carbocycles. The van der Waals surface area contributed by atoms with E-state index in [0.717, 1.165) is 80.1 Å². The number of likely N-dealkylation sites (tertiary alicyclic amines) is 1. The molecule has 2 aromatic heterocycles. The lowest BCUT2D eigenvalue weighted by molar-refractivity contribution is -0.0527.